The smallest absolute Gasteiger partial charge is 0.267 e. The van der Waals surface area contributed by atoms with E-state index in [0.29, 0.717) is 11.3 Å². The first-order valence-corrected chi connectivity index (χ1v) is 6.83. The molecule has 1 aromatic carbocycles. The number of nitrogen functional groups attached to an aromatic ring is 1. The van der Waals surface area contributed by atoms with Crippen molar-refractivity contribution in [1.82, 2.24) is 5.43 Å². The molecule has 124 valence electrons. The molecule has 0 saturated heterocycles. The van der Waals surface area contributed by atoms with E-state index < -0.39 is 30.8 Å². The van der Waals surface area contributed by atoms with Crippen molar-refractivity contribution in [3.05, 3.63) is 28.8 Å². The van der Waals surface area contributed by atoms with Crippen LogP contribution < -0.4 is 16.6 Å². The summed E-state index contributed by atoms with van der Waals surface area (Å²) in [6.45, 7) is 2.93. The van der Waals surface area contributed by atoms with E-state index in [1.807, 2.05) is 19.3 Å². The molecule has 3 atom stereocenters. The molecule has 0 bridgehead atoms. The lowest BCUT2D eigenvalue weighted by Gasteiger charge is -2.23. The maximum atomic E-state index is 11.8. The summed E-state index contributed by atoms with van der Waals surface area (Å²) in [5, 5.41) is 40.2. The fourth-order valence-corrected chi connectivity index (χ4v) is 1.93. The summed E-state index contributed by atoms with van der Waals surface area (Å²) in [6, 6.07) is 3.38. The first-order chi connectivity index (χ1) is 10.3. The molecule has 0 aromatic heterocycles. The number of hydrazine groups is 1. The second kappa shape index (κ2) is 8.06. The molecule has 8 heteroatoms. The number of aliphatic hydroxyl groups excluding tert-OH is 4. The van der Waals surface area contributed by atoms with Gasteiger partial charge in [0.05, 0.1) is 18.3 Å². The van der Waals surface area contributed by atoms with E-state index in [1.54, 1.807) is 12.1 Å². The summed E-state index contributed by atoms with van der Waals surface area (Å²) in [5.74, 6) is 4.66. The van der Waals surface area contributed by atoms with Gasteiger partial charge in [0.1, 0.15) is 12.2 Å². The van der Waals surface area contributed by atoms with Crippen LogP contribution in [-0.4, -0.2) is 57.8 Å². The first-order valence-electron chi connectivity index (χ1n) is 6.83. The average Bonchev–Trinajstić information content (AvgIpc) is 2.52. The number of hydrogen-bond donors (Lipinski definition) is 7. The number of aliphatic hydroxyl groups is 4. The van der Waals surface area contributed by atoms with Crippen molar-refractivity contribution in [3.63, 3.8) is 0 Å². The normalized spacial score (nSPS) is 15.0. The van der Waals surface area contributed by atoms with E-state index >= 15 is 0 Å². The molecule has 0 aliphatic carbocycles. The number of nitrogens with two attached hydrogens (primary N) is 1. The predicted molar refractivity (Wildman–Crippen MR) is 81.2 cm³/mol. The summed E-state index contributed by atoms with van der Waals surface area (Å²) in [6.07, 6.45) is -4.27. The quantitative estimate of drug-likeness (QED) is 0.182. The van der Waals surface area contributed by atoms with Gasteiger partial charge in [-0.2, -0.15) is 0 Å². The predicted octanol–water partition coefficient (Wildman–Crippen LogP) is -1.61. The number of amides is 1. The van der Waals surface area contributed by atoms with Crippen molar-refractivity contribution in [2.75, 3.05) is 18.5 Å². The van der Waals surface area contributed by atoms with E-state index in [2.05, 4.69) is 5.32 Å². The molecule has 1 rings (SSSR count). The molecule has 0 radical (unpaired) electrons. The van der Waals surface area contributed by atoms with Crippen LogP contribution in [0.25, 0.3) is 0 Å². The van der Waals surface area contributed by atoms with Gasteiger partial charge in [-0.15, -0.1) is 0 Å². The summed E-state index contributed by atoms with van der Waals surface area (Å²) in [5.41, 5.74) is 4.62. The van der Waals surface area contributed by atoms with Crippen molar-refractivity contribution in [2.24, 2.45) is 5.84 Å². The Morgan fingerprint density at radius 1 is 1.18 bits per heavy atom. The highest BCUT2D eigenvalue weighted by Crippen LogP contribution is 2.21. The molecule has 1 aromatic rings. The zero-order valence-electron chi connectivity index (χ0n) is 12.6. The van der Waals surface area contributed by atoms with Crippen LogP contribution in [0.1, 0.15) is 21.5 Å². The molecule has 0 unspecified atom stereocenters. The molecular weight excluding hydrogens is 290 g/mol. The molecule has 0 saturated carbocycles. The van der Waals surface area contributed by atoms with Gasteiger partial charge < -0.3 is 25.7 Å². The lowest BCUT2D eigenvalue weighted by Crippen LogP contribution is -2.43. The van der Waals surface area contributed by atoms with Crippen LogP contribution in [0.2, 0.25) is 0 Å². The zero-order valence-corrected chi connectivity index (χ0v) is 12.6. The highest BCUT2D eigenvalue weighted by Gasteiger charge is 2.24. The lowest BCUT2D eigenvalue weighted by molar-refractivity contribution is -0.0715. The topological polar surface area (TPSA) is 148 Å². The number of carbonyl (C=O) groups excluding carboxylic acids is 1. The molecule has 0 aliphatic heterocycles. The van der Waals surface area contributed by atoms with E-state index in [1.165, 1.54) is 0 Å². The molecule has 1 amide bonds. The van der Waals surface area contributed by atoms with Gasteiger partial charge in [-0.3, -0.25) is 10.2 Å². The second-order valence-corrected chi connectivity index (χ2v) is 5.14. The Morgan fingerprint density at radius 2 is 1.77 bits per heavy atom. The number of carbonyl (C=O) groups is 1. The van der Waals surface area contributed by atoms with Gasteiger partial charge in [0.25, 0.3) is 5.91 Å². The Kier molecular flexibility index (Phi) is 6.72. The van der Waals surface area contributed by atoms with Crippen LogP contribution in [0.4, 0.5) is 5.69 Å². The Morgan fingerprint density at radius 3 is 2.32 bits per heavy atom. The maximum absolute atomic E-state index is 11.8. The number of hydrogen-bond acceptors (Lipinski definition) is 7. The first kappa shape index (κ1) is 18.3. The maximum Gasteiger partial charge on any atom is 0.267 e. The standard InChI is InChI=1S/C14H23N3O5/c1-7-3-9(14(22)17-15)10(4-8(7)2)16-5-11(19)13(21)12(20)6-18/h3-4,11-13,16,18-21H,5-6,15H2,1-2H3,(H,17,22)/t11-,12-,13-/m1/s1. The minimum Gasteiger partial charge on any atom is -0.394 e. The summed E-state index contributed by atoms with van der Waals surface area (Å²) in [4.78, 5) is 11.8. The van der Waals surface area contributed by atoms with Crippen LogP contribution in [0.3, 0.4) is 0 Å². The van der Waals surface area contributed by atoms with Crippen LogP contribution in [0.5, 0.6) is 0 Å². The fourth-order valence-electron chi connectivity index (χ4n) is 1.93. The molecule has 0 fully saturated rings. The SMILES string of the molecule is Cc1cc(NC[C@@H](O)[C@@H](O)[C@H](O)CO)c(C(=O)NN)cc1C. The molecule has 22 heavy (non-hydrogen) atoms. The van der Waals surface area contributed by atoms with Crippen molar-refractivity contribution < 1.29 is 25.2 Å². The van der Waals surface area contributed by atoms with E-state index in [0.717, 1.165) is 11.1 Å². The minimum absolute atomic E-state index is 0.119. The number of nitrogens with one attached hydrogen (secondary N) is 2. The van der Waals surface area contributed by atoms with Crippen molar-refractivity contribution in [1.29, 1.82) is 0 Å². The highest BCUT2D eigenvalue weighted by molar-refractivity contribution is 5.99. The van der Waals surface area contributed by atoms with Crippen molar-refractivity contribution in [2.45, 2.75) is 32.2 Å². The molecular formula is C14H23N3O5. The van der Waals surface area contributed by atoms with Crippen LogP contribution in [-0.2, 0) is 0 Å². The van der Waals surface area contributed by atoms with E-state index in [-0.39, 0.29) is 6.54 Å². The van der Waals surface area contributed by atoms with Gasteiger partial charge in [0.2, 0.25) is 0 Å². The summed E-state index contributed by atoms with van der Waals surface area (Å²) >= 11 is 0. The fraction of sp³-hybridized carbons (Fsp3) is 0.500. The number of anilines is 1. The van der Waals surface area contributed by atoms with Gasteiger partial charge in [0.15, 0.2) is 0 Å². The monoisotopic (exact) mass is 313 g/mol. The average molecular weight is 313 g/mol. The largest absolute Gasteiger partial charge is 0.394 e. The van der Waals surface area contributed by atoms with Crippen LogP contribution >= 0.6 is 0 Å². The van der Waals surface area contributed by atoms with Gasteiger partial charge in [-0.05, 0) is 37.1 Å². The van der Waals surface area contributed by atoms with Gasteiger partial charge >= 0.3 is 0 Å². The Hall–Kier alpha value is -1.71. The molecule has 0 aliphatic rings. The lowest BCUT2D eigenvalue weighted by atomic mass is 10.0. The zero-order chi connectivity index (χ0) is 16.9. The van der Waals surface area contributed by atoms with Gasteiger partial charge in [-0.25, -0.2) is 5.84 Å². The summed E-state index contributed by atoms with van der Waals surface area (Å²) in [7, 11) is 0. The highest BCUT2D eigenvalue weighted by atomic mass is 16.4. The minimum atomic E-state index is -1.50. The number of aryl methyl sites for hydroxylation is 2. The van der Waals surface area contributed by atoms with E-state index in [4.69, 9.17) is 10.9 Å². The Balaban J connectivity index is 2.89. The third kappa shape index (κ3) is 4.39. The van der Waals surface area contributed by atoms with Gasteiger partial charge in [-0.1, -0.05) is 0 Å². The Labute approximate surface area is 128 Å². The van der Waals surface area contributed by atoms with Gasteiger partial charge in [0, 0.05) is 12.2 Å². The number of benzene rings is 1. The summed E-state index contributed by atoms with van der Waals surface area (Å²) < 4.78 is 0. The van der Waals surface area contributed by atoms with E-state index in [9.17, 15) is 20.1 Å². The van der Waals surface area contributed by atoms with Crippen molar-refractivity contribution in [3.8, 4) is 0 Å². The molecule has 8 nitrogen and oxygen atoms in total. The molecule has 0 heterocycles. The van der Waals surface area contributed by atoms with Crippen LogP contribution in [0, 0.1) is 13.8 Å². The third-order valence-electron chi connectivity index (χ3n) is 3.49. The molecule has 8 N–H and O–H groups in total. The second-order valence-electron chi connectivity index (χ2n) is 5.14. The third-order valence-corrected chi connectivity index (χ3v) is 3.49. The van der Waals surface area contributed by atoms with Crippen molar-refractivity contribution >= 4 is 11.6 Å². The Bertz CT molecular complexity index is 523. The number of rotatable bonds is 7. The molecule has 0 spiro atoms. The van der Waals surface area contributed by atoms with Crippen LogP contribution in [0.15, 0.2) is 12.1 Å².